The summed E-state index contributed by atoms with van der Waals surface area (Å²) in [5.41, 5.74) is 20.5. The van der Waals surface area contributed by atoms with E-state index in [4.69, 9.17) is 36.1 Å². The lowest BCUT2D eigenvalue weighted by molar-refractivity contribution is -0.240. The van der Waals surface area contributed by atoms with E-state index in [1.54, 1.807) is 14.0 Å². The first kappa shape index (κ1) is 34.1. The average molecular weight is 574 g/mol. The topological polar surface area (TPSA) is 185 Å². The van der Waals surface area contributed by atoms with Crippen molar-refractivity contribution < 1.29 is 34.3 Å². The van der Waals surface area contributed by atoms with Crippen molar-refractivity contribution >= 4 is 0 Å². The summed E-state index contributed by atoms with van der Waals surface area (Å²) in [6.07, 6.45) is 1.43. The lowest BCUT2D eigenvalue weighted by Crippen LogP contribution is -2.55. The monoisotopic (exact) mass is 573 g/mol. The number of nitrogens with two attached hydrogens (primary N) is 2. The second-order valence-electron chi connectivity index (χ2n) is 13.0. The molecule has 1 saturated carbocycles. The highest BCUT2D eigenvalue weighted by atomic mass is 16.7. The molecule has 0 radical (unpaired) electrons. The summed E-state index contributed by atoms with van der Waals surface area (Å²) in [4.78, 5) is 0. The summed E-state index contributed by atoms with van der Waals surface area (Å²) in [5, 5.41) is 35.9. The van der Waals surface area contributed by atoms with Crippen LogP contribution in [0.1, 0.15) is 72.1 Å². The fraction of sp³-hybridized carbons (Fsp3) is 1.00. The van der Waals surface area contributed by atoms with Crippen LogP contribution in [-0.4, -0.2) is 109 Å². The maximum absolute atomic E-state index is 11.2. The summed E-state index contributed by atoms with van der Waals surface area (Å²) in [7, 11) is 1.76. The van der Waals surface area contributed by atoms with Crippen molar-refractivity contribution in [1.82, 2.24) is 5.32 Å². The molecule has 0 aromatic rings. The van der Waals surface area contributed by atoms with Gasteiger partial charge in [-0.1, -0.05) is 26.7 Å². The molecule has 0 aromatic heterocycles. The van der Waals surface area contributed by atoms with Gasteiger partial charge in [0.15, 0.2) is 6.29 Å². The zero-order chi connectivity index (χ0) is 29.4. The molecule has 3 rings (SSSR count). The van der Waals surface area contributed by atoms with E-state index in [1.807, 2.05) is 0 Å². The van der Waals surface area contributed by atoms with Crippen LogP contribution in [0.4, 0.5) is 0 Å². The molecular weight excluding hydrogens is 516 g/mol. The molecule has 9 N–H and O–H groups in total. The standard InChI is InChI=1S/C29H57N4O7/c1-17(2)18-6-5-7-21(31)26(39-14-18)16-37-15-19-20(30)8-9-22(32)25(12-23(19)34)40-28-24(35)13-27(33-4)29(3,36)10-11-38-28/h17-28,31,33-36H,5-16,30,32H2,1-4H3/q-1. The van der Waals surface area contributed by atoms with Gasteiger partial charge in [-0.15, -0.1) is 6.04 Å². The first-order chi connectivity index (χ1) is 18.9. The average Bonchev–Trinajstić information content (AvgIpc) is 2.88. The lowest BCUT2D eigenvalue weighted by Gasteiger charge is -2.41. The number of likely N-dealkylation sites (N-methyl/N-ethyl adjacent to an activating group) is 1. The molecule has 12 atom stereocenters. The van der Waals surface area contributed by atoms with E-state index in [1.165, 1.54) is 0 Å². The minimum Gasteiger partial charge on any atom is -0.672 e. The number of aliphatic hydroxyl groups is 3. The molecule has 0 aromatic carbocycles. The van der Waals surface area contributed by atoms with Gasteiger partial charge in [0.2, 0.25) is 0 Å². The fourth-order valence-electron chi connectivity index (χ4n) is 6.30. The van der Waals surface area contributed by atoms with Crippen LogP contribution in [0.2, 0.25) is 0 Å². The van der Waals surface area contributed by atoms with Gasteiger partial charge in [0.25, 0.3) is 0 Å². The van der Waals surface area contributed by atoms with Crippen LogP contribution < -0.4 is 16.8 Å². The van der Waals surface area contributed by atoms with E-state index >= 15 is 0 Å². The Morgan fingerprint density at radius 3 is 2.45 bits per heavy atom. The zero-order valence-corrected chi connectivity index (χ0v) is 25.0. The summed E-state index contributed by atoms with van der Waals surface area (Å²) in [6, 6.07) is -1.33. The Labute approximate surface area is 240 Å². The number of hydrogen-bond donors (Lipinski definition) is 6. The Kier molecular flexibility index (Phi) is 13.5. The van der Waals surface area contributed by atoms with Gasteiger partial charge < -0.3 is 56.8 Å². The summed E-state index contributed by atoms with van der Waals surface area (Å²) in [6.45, 7) is 7.58. The van der Waals surface area contributed by atoms with Gasteiger partial charge in [-0.3, -0.25) is 0 Å². The molecule has 236 valence electrons. The predicted octanol–water partition coefficient (Wildman–Crippen LogP) is 1.30. The van der Waals surface area contributed by atoms with Crippen LogP contribution in [0.15, 0.2) is 0 Å². The fourth-order valence-corrected chi connectivity index (χ4v) is 6.30. The van der Waals surface area contributed by atoms with E-state index < -0.39 is 30.2 Å². The normalized spacial score (nSPS) is 44.6. The minimum absolute atomic E-state index is 0.219. The van der Waals surface area contributed by atoms with Crippen LogP contribution in [0.3, 0.4) is 0 Å². The van der Waals surface area contributed by atoms with E-state index in [9.17, 15) is 15.3 Å². The lowest BCUT2D eigenvalue weighted by atomic mass is 9.82. The highest BCUT2D eigenvalue weighted by molar-refractivity contribution is 4.93. The van der Waals surface area contributed by atoms with Crippen LogP contribution in [0.25, 0.3) is 5.73 Å². The summed E-state index contributed by atoms with van der Waals surface area (Å²) < 4.78 is 24.2. The Hall–Kier alpha value is -0.440. The largest absolute Gasteiger partial charge is 0.672 e. The van der Waals surface area contributed by atoms with Crippen molar-refractivity contribution in [2.24, 2.45) is 29.2 Å². The highest BCUT2D eigenvalue weighted by Gasteiger charge is 2.40. The van der Waals surface area contributed by atoms with Crippen LogP contribution >= 0.6 is 0 Å². The number of nitrogens with one attached hydrogen (secondary N) is 2. The minimum atomic E-state index is -1.02. The SMILES string of the molecule is CNC1CC(O)C(OC2CC(O)C(COCC3OCC(C(C)C)CCCC3[NH-])C(N)CCC2N)OCCC1(C)O. The molecule has 3 fully saturated rings. The van der Waals surface area contributed by atoms with Crippen molar-refractivity contribution in [3.05, 3.63) is 5.73 Å². The molecule has 3 aliphatic rings. The Morgan fingerprint density at radius 1 is 1.02 bits per heavy atom. The molecular formula is C29H57N4O7-. The predicted molar refractivity (Wildman–Crippen MR) is 153 cm³/mol. The molecule has 12 unspecified atom stereocenters. The molecule has 0 spiro atoms. The van der Waals surface area contributed by atoms with Gasteiger partial charge in [0.05, 0.1) is 50.3 Å². The quantitative estimate of drug-likeness (QED) is 0.247. The smallest absolute Gasteiger partial charge is 0.183 e. The van der Waals surface area contributed by atoms with Gasteiger partial charge in [0, 0.05) is 36.9 Å². The molecule has 11 heteroatoms. The van der Waals surface area contributed by atoms with Crippen LogP contribution in [-0.2, 0) is 18.9 Å². The molecule has 40 heavy (non-hydrogen) atoms. The molecule has 0 bridgehead atoms. The number of ether oxygens (including phenoxy) is 4. The van der Waals surface area contributed by atoms with Crippen LogP contribution in [0.5, 0.6) is 0 Å². The Bertz CT molecular complexity index is 732. The van der Waals surface area contributed by atoms with E-state index in [2.05, 4.69) is 19.2 Å². The van der Waals surface area contributed by atoms with Gasteiger partial charge >= 0.3 is 0 Å². The second kappa shape index (κ2) is 15.9. The third-order valence-electron chi connectivity index (χ3n) is 9.52. The molecule has 2 heterocycles. The second-order valence-corrected chi connectivity index (χ2v) is 13.0. The van der Waals surface area contributed by atoms with Gasteiger partial charge in [-0.25, -0.2) is 0 Å². The van der Waals surface area contributed by atoms with Crippen LogP contribution in [0, 0.1) is 17.8 Å². The number of hydrogen-bond acceptors (Lipinski definition) is 10. The molecule has 2 saturated heterocycles. The van der Waals surface area contributed by atoms with Crippen molar-refractivity contribution in [2.75, 3.05) is 33.5 Å². The number of rotatable bonds is 8. The molecule has 11 nitrogen and oxygen atoms in total. The van der Waals surface area contributed by atoms with Crippen molar-refractivity contribution in [1.29, 1.82) is 0 Å². The highest BCUT2D eigenvalue weighted by Crippen LogP contribution is 2.30. The molecule has 1 aliphatic carbocycles. The number of aliphatic hydroxyl groups excluding tert-OH is 2. The van der Waals surface area contributed by atoms with E-state index in [0.29, 0.717) is 44.3 Å². The van der Waals surface area contributed by atoms with Crippen molar-refractivity contribution in [3.8, 4) is 0 Å². The van der Waals surface area contributed by atoms with Crippen molar-refractivity contribution in [2.45, 2.75) is 133 Å². The molecule has 0 amide bonds. The zero-order valence-electron chi connectivity index (χ0n) is 25.0. The van der Waals surface area contributed by atoms with Crippen molar-refractivity contribution in [3.63, 3.8) is 0 Å². The van der Waals surface area contributed by atoms with E-state index in [0.717, 1.165) is 19.3 Å². The first-order valence-corrected chi connectivity index (χ1v) is 15.4. The third kappa shape index (κ3) is 9.54. The third-order valence-corrected chi connectivity index (χ3v) is 9.52. The summed E-state index contributed by atoms with van der Waals surface area (Å²) >= 11 is 0. The molecule has 2 aliphatic heterocycles. The maximum Gasteiger partial charge on any atom is 0.183 e. The van der Waals surface area contributed by atoms with Gasteiger partial charge in [0.1, 0.15) is 6.10 Å². The van der Waals surface area contributed by atoms with E-state index in [-0.39, 0.29) is 62.2 Å². The Morgan fingerprint density at radius 2 is 1.75 bits per heavy atom. The van der Waals surface area contributed by atoms with Gasteiger partial charge in [-0.2, -0.15) is 0 Å². The summed E-state index contributed by atoms with van der Waals surface area (Å²) in [5.74, 6) is 0.711. The first-order valence-electron chi connectivity index (χ1n) is 15.4. The van der Waals surface area contributed by atoms with Gasteiger partial charge in [-0.05, 0) is 51.5 Å². The Balaban J connectivity index is 1.57. The maximum atomic E-state index is 11.2.